The van der Waals surface area contributed by atoms with Crippen LogP contribution in [0.3, 0.4) is 0 Å². The molecule has 0 atom stereocenters. The highest BCUT2D eigenvalue weighted by molar-refractivity contribution is 14.0. The predicted molar refractivity (Wildman–Crippen MR) is 136 cm³/mol. The van der Waals surface area contributed by atoms with Crippen molar-refractivity contribution in [2.24, 2.45) is 10.7 Å². The minimum absolute atomic E-state index is 0. The third-order valence-electron chi connectivity index (χ3n) is 5.24. The molecule has 2 N–H and O–H groups in total. The van der Waals surface area contributed by atoms with E-state index in [-0.39, 0.29) is 24.0 Å². The second-order valence-corrected chi connectivity index (χ2v) is 7.82. The lowest BCUT2D eigenvalue weighted by atomic mass is 10.2. The van der Waals surface area contributed by atoms with Crippen LogP contribution in [0.1, 0.15) is 19.4 Å². The number of aromatic nitrogens is 1. The van der Waals surface area contributed by atoms with Gasteiger partial charge >= 0.3 is 0 Å². The number of anilines is 1. The van der Waals surface area contributed by atoms with Crippen LogP contribution in [0.2, 0.25) is 0 Å². The standard InChI is InChI=1S/C21H32N6OS.HI/c1-3-25(4-2)14-15-28-19-8-6-5-7-18(19)17-24-20(22)26-10-12-27(13-11-26)21-23-9-16-29-21;/h5-9,16H,3-4,10-15,17H2,1-2H3,(H2,22,24);1H. The number of para-hydroxylation sites is 1. The molecule has 9 heteroatoms. The molecule has 3 rings (SSSR count). The molecule has 0 unspecified atom stereocenters. The lowest BCUT2D eigenvalue weighted by molar-refractivity contribution is 0.221. The highest BCUT2D eigenvalue weighted by Crippen LogP contribution is 2.20. The van der Waals surface area contributed by atoms with E-state index < -0.39 is 0 Å². The van der Waals surface area contributed by atoms with Gasteiger partial charge in [-0.2, -0.15) is 0 Å². The Kier molecular flexibility index (Phi) is 10.7. The minimum Gasteiger partial charge on any atom is -0.492 e. The molecule has 1 fully saturated rings. The summed E-state index contributed by atoms with van der Waals surface area (Å²) in [7, 11) is 0. The number of likely N-dealkylation sites (N-methyl/N-ethyl adjacent to an activating group) is 1. The van der Waals surface area contributed by atoms with E-state index in [0.29, 0.717) is 19.1 Å². The van der Waals surface area contributed by atoms with E-state index in [0.717, 1.165) is 62.3 Å². The molecule has 1 aliphatic rings. The molecule has 2 aromatic rings. The van der Waals surface area contributed by atoms with Gasteiger partial charge in [-0.15, -0.1) is 35.3 Å². The average molecular weight is 545 g/mol. The molecule has 0 aliphatic carbocycles. The largest absolute Gasteiger partial charge is 0.492 e. The van der Waals surface area contributed by atoms with Crippen molar-refractivity contribution in [3.05, 3.63) is 41.4 Å². The highest BCUT2D eigenvalue weighted by Gasteiger charge is 2.19. The number of nitrogens with zero attached hydrogens (tertiary/aromatic N) is 5. The van der Waals surface area contributed by atoms with Gasteiger partial charge in [0.25, 0.3) is 0 Å². The summed E-state index contributed by atoms with van der Waals surface area (Å²) in [6.07, 6.45) is 1.85. The molecule has 0 bridgehead atoms. The summed E-state index contributed by atoms with van der Waals surface area (Å²) in [5.41, 5.74) is 7.35. The monoisotopic (exact) mass is 544 g/mol. The van der Waals surface area contributed by atoms with E-state index in [1.807, 2.05) is 29.8 Å². The SMILES string of the molecule is CCN(CC)CCOc1ccccc1CN=C(N)N1CCN(c2nccs2)CC1.I. The Balaban J connectivity index is 0.00000320. The molecule has 166 valence electrons. The first kappa shape index (κ1) is 24.7. The van der Waals surface area contributed by atoms with Crippen molar-refractivity contribution in [1.29, 1.82) is 0 Å². The minimum atomic E-state index is 0. The summed E-state index contributed by atoms with van der Waals surface area (Å²) < 4.78 is 6.03. The summed E-state index contributed by atoms with van der Waals surface area (Å²) in [5.74, 6) is 1.49. The van der Waals surface area contributed by atoms with Gasteiger partial charge in [0.05, 0.1) is 6.54 Å². The number of aliphatic imine (C=N–C) groups is 1. The van der Waals surface area contributed by atoms with Gasteiger partial charge in [0.1, 0.15) is 12.4 Å². The molecule has 0 spiro atoms. The van der Waals surface area contributed by atoms with Crippen LogP contribution in [-0.4, -0.2) is 73.2 Å². The van der Waals surface area contributed by atoms with Crippen molar-refractivity contribution in [3.8, 4) is 5.75 Å². The van der Waals surface area contributed by atoms with Crippen LogP contribution in [0.5, 0.6) is 5.75 Å². The van der Waals surface area contributed by atoms with E-state index in [2.05, 4.69) is 44.6 Å². The average Bonchev–Trinajstić information content (AvgIpc) is 3.31. The maximum atomic E-state index is 6.28. The van der Waals surface area contributed by atoms with Crippen molar-refractivity contribution in [3.63, 3.8) is 0 Å². The number of hydrogen-bond donors (Lipinski definition) is 1. The Morgan fingerprint density at radius 2 is 1.93 bits per heavy atom. The first-order valence-corrected chi connectivity index (χ1v) is 11.2. The van der Waals surface area contributed by atoms with E-state index >= 15 is 0 Å². The molecule has 0 radical (unpaired) electrons. The third-order valence-corrected chi connectivity index (χ3v) is 6.07. The summed E-state index contributed by atoms with van der Waals surface area (Å²) in [6, 6.07) is 8.09. The first-order valence-electron chi connectivity index (χ1n) is 10.3. The van der Waals surface area contributed by atoms with E-state index in [9.17, 15) is 0 Å². The number of guanidine groups is 1. The van der Waals surface area contributed by atoms with Crippen LogP contribution in [0.15, 0.2) is 40.8 Å². The van der Waals surface area contributed by atoms with E-state index in [1.54, 1.807) is 11.3 Å². The molecule has 1 aliphatic heterocycles. The zero-order valence-electron chi connectivity index (χ0n) is 17.9. The number of benzene rings is 1. The Morgan fingerprint density at radius 1 is 1.20 bits per heavy atom. The molecular weight excluding hydrogens is 511 g/mol. The zero-order chi connectivity index (χ0) is 20.5. The summed E-state index contributed by atoms with van der Waals surface area (Å²) in [6.45, 7) is 12.1. The van der Waals surface area contributed by atoms with Gasteiger partial charge in [-0.3, -0.25) is 0 Å². The number of halogens is 1. The van der Waals surface area contributed by atoms with Gasteiger partial charge in [0, 0.05) is 49.9 Å². The quantitative estimate of drug-likeness (QED) is 0.297. The smallest absolute Gasteiger partial charge is 0.191 e. The number of ether oxygens (including phenoxy) is 1. The van der Waals surface area contributed by atoms with Gasteiger partial charge in [-0.1, -0.05) is 32.0 Å². The van der Waals surface area contributed by atoms with Crippen LogP contribution in [0, 0.1) is 0 Å². The zero-order valence-corrected chi connectivity index (χ0v) is 21.0. The Bertz CT molecular complexity index is 761. The number of hydrogen-bond acceptors (Lipinski definition) is 6. The van der Waals surface area contributed by atoms with Crippen molar-refractivity contribution in [2.45, 2.75) is 20.4 Å². The second kappa shape index (κ2) is 13.0. The highest BCUT2D eigenvalue weighted by atomic mass is 127. The Hall–Kier alpha value is -1.59. The van der Waals surface area contributed by atoms with Crippen molar-refractivity contribution >= 4 is 46.4 Å². The predicted octanol–water partition coefficient (Wildman–Crippen LogP) is 3.12. The third kappa shape index (κ3) is 6.98. The summed E-state index contributed by atoms with van der Waals surface area (Å²) >= 11 is 1.68. The molecule has 7 nitrogen and oxygen atoms in total. The molecule has 1 saturated heterocycles. The lowest BCUT2D eigenvalue weighted by Crippen LogP contribution is -2.51. The van der Waals surface area contributed by atoms with Crippen LogP contribution in [-0.2, 0) is 6.54 Å². The van der Waals surface area contributed by atoms with Gasteiger partial charge < -0.3 is 25.2 Å². The molecule has 0 amide bonds. The van der Waals surface area contributed by atoms with Crippen LogP contribution < -0.4 is 15.4 Å². The van der Waals surface area contributed by atoms with Gasteiger partial charge in [0.2, 0.25) is 0 Å². The molecule has 0 saturated carbocycles. The van der Waals surface area contributed by atoms with Crippen LogP contribution in [0.4, 0.5) is 5.13 Å². The van der Waals surface area contributed by atoms with Gasteiger partial charge in [-0.25, -0.2) is 9.98 Å². The maximum Gasteiger partial charge on any atom is 0.191 e. The van der Waals surface area contributed by atoms with Gasteiger partial charge in [0.15, 0.2) is 11.1 Å². The van der Waals surface area contributed by atoms with E-state index in [4.69, 9.17) is 10.5 Å². The van der Waals surface area contributed by atoms with Crippen LogP contribution in [0.25, 0.3) is 0 Å². The molecule has 30 heavy (non-hydrogen) atoms. The summed E-state index contributed by atoms with van der Waals surface area (Å²) in [5, 5.41) is 3.09. The number of piperazine rings is 1. The fourth-order valence-electron chi connectivity index (χ4n) is 3.36. The maximum absolute atomic E-state index is 6.28. The first-order chi connectivity index (χ1) is 14.2. The number of nitrogens with two attached hydrogens (primary N) is 1. The molecule has 2 heterocycles. The number of rotatable bonds is 9. The van der Waals surface area contributed by atoms with Gasteiger partial charge in [-0.05, 0) is 19.2 Å². The van der Waals surface area contributed by atoms with Crippen molar-refractivity contribution in [1.82, 2.24) is 14.8 Å². The topological polar surface area (TPSA) is 70.2 Å². The molecule has 1 aromatic carbocycles. The van der Waals surface area contributed by atoms with Crippen molar-refractivity contribution < 1.29 is 4.74 Å². The Morgan fingerprint density at radius 3 is 2.60 bits per heavy atom. The van der Waals surface area contributed by atoms with Crippen LogP contribution >= 0.6 is 35.3 Å². The summed E-state index contributed by atoms with van der Waals surface area (Å²) in [4.78, 5) is 15.8. The van der Waals surface area contributed by atoms with Crippen molar-refractivity contribution in [2.75, 3.05) is 57.3 Å². The molecular formula is C21H33IN6OS. The lowest BCUT2D eigenvalue weighted by Gasteiger charge is -2.35. The van der Waals surface area contributed by atoms with E-state index in [1.165, 1.54) is 0 Å². The fraction of sp³-hybridized carbons (Fsp3) is 0.524. The number of thiazole rings is 1. The normalized spacial score (nSPS) is 14.7. The Labute approximate surface area is 200 Å². The second-order valence-electron chi connectivity index (χ2n) is 6.95. The molecule has 1 aromatic heterocycles. The fourth-order valence-corrected chi connectivity index (χ4v) is 4.06.